The largest absolute Gasteiger partial charge is 0.474 e. The molecule has 1 aliphatic rings. The molecule has 1 aromatic carbocycles. The van der Waals surface area contributed by atoms with Crippen LogP contribution < -0.4 is 4.74 Å². The maximum Gasteiger partial charge on any atom is 0.305 e. The molecule has 1 N–H and O–H groups in total. The van der Waals surface area contributed by atoms with Crippen LogP contribution >= 0.6 is 15.9 Å². The van der Waals surface area contributed by atoms with Crippen LogP contribution in [-0.4, -0.2) is 39.1 Å². The number of ether oxygens (including phenoxy) is 2. The molecule has 0 bridgehead atoms. The summed E-state index contributed by atoms with van der Waals surface area (Å²) in [5.74, 6) is 1.65. The van der Waals surface area contributed by atoms with Gasteiger partial charge in [-0.25, -0.2) is 9.97 Å². The van der Waals surface area contributed by atoms with Gasteiger partial charge in [-0.2, -0.15) is 0 Å². The van der Waals surface area contributed by atoms with Crippen molar-refractivity contribution in [3.05, 3.63) is 59.3 Å². The molecule has 8 heteroatoms. The van der Waals surface area contributed by atoms with Crippen molar-refractivity contribution >= 4 is 32.9 Å². The van der Waals surface area contributed by atoms with Gasteiger partial charge in [0.25, 0.3) is 0 Å². The number of aromatic amines is 1. The van der Waals surface area contributed by atoms with Crippen molar-refractivity contribution in [2.45, 2.75) is 38.2 Å². The van der Waals surface area contributed by atoms with Gasteiger partial charge in [0.05, 0.1) is 23.8 Å². The van der Waals surface area contributed by atoms with Crippen LogP contribution in [0.2, 0.25) is 0 Å². The Bertz CT molecular complexity index is 1280. The van der Waals surface area contributed by atoms with Crippen molar-refractivity contribution in [2.24, 2.45) is 5.92 Å². The average molecular weight is 521 g/mol. The molecule has 0 spiro atoms. The Kier molecular flexibility index (Phi) is 6.58. The molecule has 1 saturated carbocycles. The molecule has 34 heavy (non-hydrogen) atoms. The minimum atomic E-state index is -0.131. The number of para-hydroxylation sites is 1. The Morgan fingerprint density at radius 2 is 1.82 bits per heavy atom. The molecule has 7 nitrogen and oxygen atoms in total. The first-order chi connectivity index (χ1) is 16.6. The summed E-state index contributed by atoms with van der Waals surface area (Å²) in [5, 5.41) is 0. The predicted molar refractivity (Wildman–Crippen MR) is 133 cm³/mol. The Hall–Kier alpha value is -3.26. The number of imidazole rings is 1. The molecular weight excluding hydrogens is 496 g/mol. The number of halogens is 1. The molecule has 0 unspecified atom stereocenters. The van der Waals surface area contributed by atoms with Gasteiger partial charge in [0.1, 0.15) is 11.9 Å². The minimum Gasteiger partial charge on any atom is -0.474 e. The second-order valence-corrected chi connectivity index (χ2v) is 9.43. The fraction of sp³-hybridized carbons (Fsp3) is 0.308. The van der Waals surface area contributed by atoms with E-state index in [0.29, 0.717) is 18.2 Å². The number of pyridine rings is 2. The molecule has 0 aliphatic heterocycles. The number of carbonyl (C=O) groups is 1. The van der Waals surface area contributed by atoms with Crippen molar-refractivity contribution in [1.29, 1.82) is 0 Å². The van der Waals surface area contributed by atoms with E-state index in [2.05, 4.69) is 35.9 Å². The van der Waals surface area contributed by atoms with Crippen molar-refractivity contribution < 1.29 is 14.3 Å². The molecule has 0 amide bonds. The summed E-state index contributed by atoms with van der Waals surface area (Å²) in [6, 6.07) is 13.8. The van der Waals surface area contributed by atoms with Crippen LogP contribution in [0.4, 0.5) is 0 Å². The highest BCUT2D eigenvalue weighted by Gasteiger charge is 2.24. The van der Waals surface area contributed by atoms with E-state index in [-0.39, 0.29) is 12.1 Å². The lowest BCUT2D eigenvalue weighted by atomic mass is 9.85. The van der Waals surface area contributed by atoms with Gasteiger partial charge in [0, 0.05) is 40.5 Å². The third-order valence-corrected chi connectivity index (χ3v) is 6.96. The van der Waals surface area contributed by atoms with Crippen LogP contribution in [0.25, 0.3) is 33.7 Å². The van der Waals surface area contributed by atoms with Crippen LogP contribution in [0, 0.1) is 5.92 Å². The highest BCUT2D eigenvalue weighted by Crippen LogP contribution is 2.30. The first-order valence-corrected chi connectivity index (χ1v) is 12.2. The van der Waals surface area contributed by atoms with Gasteiger partial charge in [-0.3, -0.25) is 9.78 Å². The lowest BCUT2D eigenvalue weighted by molar-refractivity contribution is -0.142. The molecule has 174 valence electrons. The number of nitrogens with one attached hydrogen (secondary N) is 1. The Labute approximate surface area is 206 Å². The predicted octanol–water partition coefficient (Wildman–Crippen LogP) is 5.95. The Morgan fingerprint density at radius 3 is 2.50 bits per heavy atom. The molecule has 3 aromatic heterocycles. The summed E-state index contributed by atoms with van der Waals surface area (Å²) in [4.78, 5) is 28.6. The van der Waals surface area contributed by atoms with Gasteiger partial charge >= 0.3 is 5.97 Å². The van der Waals surface area contributed by atoms with E-state index in [1.165, 1.54) is 7.11 Å². The van der Waals surface area contributed by atoms with Gasteiger partial charge in [0.2, 0.25) is 5.88 Å². The molecule has 4 aromatic rings. The van der Waals surface area contributed by atoms with Gasteiger partial charge in [0.15, 0.2) is 0 Å². The highest BCUT2D eigenvalue weighted by molar-refractivity contribution is 9.10. The smallest absolute Gasteiger partial charge is 0.305 e. The molecule has 0 radical (unpaired) electrons. The van der Waals surface area contributed by atoms with E-state index >= 15 is 0 Å². The SMILES string of the molecule is COC(=O)CC1CCC(Oc2ccc(-c3ccc(-c4nc5cccc(Br)c5[nH]4)cn3)cn2)CC1. The number of esters is 1. The number of benzene rings is 1. The van der Waals surface area contributed by atoms with Crippen LogP contribution in [0.15, 0.2) is 59.3 Å². The number of hydrogen-bond donors (Lipinski definition) is 1. The van der Waals surface area contributed by atoms with Gasteiger partial charge in [-0.1, -0.05) is 6.07 Å². The number of aromatic nitrogens is 4. The zero-order valence-corrected chi connectivity index (χ0v) is 20.4. The zero-order valence-electron chi connectivity index (χ0n) is 18.8. The topological polar surface area (TPSA) is 90.0 Å². The number of rotatable bonds is 6. The number of hydrogen-bond acceptors (Lipinski definition) is 6. The fourth-order valence-electron chi connectivity index (χ4n) is 4.38. The number of methoxy groups -OCH3 is 1. The summed E-state index contributed by atoms with van der Waals surface area (Å²) in [6.45, 7) is 0. The second-order valence-electron chi connectivity index (χ2n) is 8.58. The van der Waals surface area contributed by atoms with Crippen LogP contribution in [0.1, 0.15) is 32.1 Å². The first-order valence-electron chi connectivity index (χ1n) is 11.4. The third kappa shape index (κ3) is 4.97. The number of H-pyrrole nitrogens is 1. The van der Waals surface area contributed by atoms with Crippen molar-refractivity contribution in [3.63, 3.8) is 0 Å². The van der Waals surface area contributed by atoms with Crippen LogP contribution in [0.3, 0.4) is 0 Å². The number of fused-ring (bicyclic) bond motifs is 1. The summed E-state index contributed by atoms with van der Waals surface area (Å²) in [7, 11) is 1.44. The Morgan fingerprint density at radius 1 is 1.03 bits per heavy atom. The molecular formula is C26H25BrN4O3. The van der Waals surface area contributed by atoms with Crippen LogP contribution in [-0.2, 0) is 9.53 Å². The monoisotopic (exact) mass is 520 g/mol. The zero-order chi connectivity index (χ0) is 23.5. The van der Waals surface area contributed by atoms with E-state index in [1.54, 1.807) is 6.20 Å². The molecule has 1 fully saturated rings. The maximum absolute atomic E-state index is 11.5. The first kappa shape index (κ1) is 22.5. The summed E-state index contributed by atoms with van der Waals surface area (Å²) in [6.07, 6.45) is 8.02. The average Bonchev–Trinajstić information content (AvgIpc) is 3.32. The molecule has 0 saturated heterocycles. The lowest BCUT2D eigenvalue weighted by Crippen LogP contribution is -2.25. The molecule has 1 aliphatic carbocycles. The Balaban J connectivity index is 1.21. The highest BCUT2D eigenvalue weighted by atomic mass is 79.9. The van der Waals surface area contributed by atoms with E-state index in [0.717, 1.165) is 63.8 Å². The van der Waals surface area contributed by atoms with Gasteiger partial charge in [-0.05, 0) is 77.9 Å². The number of nitrogens with zero attached hydrogens (tertiary/aromatic N) is 3. The van der Waals surface area contributed by atoms with E-state index < -0.39 is 0 Å². The summed E-state index contributed by atoms with van der Waals surface area (Å²) < 4.78 is 11.8. The molecule has 5 rings (SSSR count). The van der Waals surface area contributed by atoms with Gasteiger partial charge < -0.3 is 14.5 Å². The normalized spacial score (nSPS) is 18.1. The fourth-order valence-corrected chi connectivity index (χ4v) is 4.84. The second kappa shape index (κ2) is 9.93. The maximum atomic E-state index is 11.5. The quantitative estimate of drug-likeness (QED) is 0.316. The summed E-state index contributed by atoms with van der Waals surface area (Å²) in [5.41, 5.74) is 4.56. The molecule has 3 heterocycles. The summed E-state index contributed by atoms with van der Waals surface area (Å²) >= 11 is 3.55. The standard InChI is InChI=1S/C26H25BrN4O3/c1-33-24(32)13-16-5-9-19(10-6-16)34-23-12-8-17(14-29-23)21-11-7-18(15-28-21)26-30-22-4-2-3-20(27)25(22)31-26/h2-4,7-8,11-12,14-16,19H,5-6,9-10,13H2,1H3,(H,30,31). The van der Waals surface area contributed by atoms with Crippen molar-refractivity contribution in [1.82, 2.24) is 19.9 Å². The van der Waals surface area contributed by atoms with E-state index in [9.17, 15) is 4.79 Å². The lowest BCUT2D eigenvalue weighted by Gasteiger charge is -2.28. The minimum absolute atomic E-state index is 0.131. The van der Waals surface area contributed by atoms with Crippen LogP contribution in [0.5, 0.6) is 5.88 Å². The molecule has 0 atom stereocenters. The van der Waals surface area contributed by atoms with Gasteiger partial charge in [-0.15, -0.1) is 0 Å². The van der Waals surface area contributed by atoms with Crippen molar-refractivity contribution in [3.8, 4) is 28.5 Å². The van der Waals surface area contributed by atoms with E-state index in [1.807, 2.05) is 48.7 Å². The third-order valence-electron chi connectivity index (χ3n) is 6.30. The van der Waals surface area contributed by atoms with Crippen molar-refractivity contribution in [2.75, 3.05) is 7.11 Å². The number of carbonyl (C=O) groups excluding carboxylic acids is 1. The van der Waals surface area contributed by atoms with E-state index in [4.69, 9.17) is 9.47 Å².